The van der Waals surface area contributed by atoms with E-state index in [2.05, 4.69) is 41.5 Å². The third kappa shape index (κ3) is 9.52. The van der Waals surface area contributed by atoms with Gasteiger partial charge in [-0.25, -0.2) is 0 Å². The third-order valence-electron chi connectivity index (χ3n) is 5.31. The molecule has 0 aromatic rings. The average molecular weight is 269 g/mol. The van der Waals surface area contributed by atoms with Gasteiger partial charge in [0, 0.05) is 0 Å². The summed E-state index contributed by atoms with van der Waals surface area (Å²) >= 11 is 0. The van der Waals surface area contributed by atoms with Crippen molar-refractivity contribution in [1.29, 1.82) is 0 Å². The second kappa shape index (κ2) is 11.8. The molecule has 116 valence electrons. The molecule has 0 aromatic heterocycles. The molecule has 0 spiro atoms. The van der Waals surface area contributed by atoms with Gasteiger partial charge in [-0.15, -0.1) is 0 Å². The zero-order valence-electron chi connectivity index (χ0n) is 14.7. The molecule has 0 aliphatic rings. The van der Waals surface area contributed by atoms with E-state index in [1.165, 1.54) is 57.8 Å². The van der Waals surface area contributed by atoms with E-state index in [0.29, 0.717) is 0 Å². The highest BCUT2D eigenvalue weighted by atomic mass is 14.2. The number of hydrogen-bond acceptors (Lipinski definition) is 0. The maximum Gasteiger partial charge on any atom is -0.0394 e. The molecule has 0 aliphatic heterocycles. The summed E-state index contributed by atoms with van der Waals surface area (Å²) < 4.78 is 0. The van der Waals surface area contributed by atoms with Crippen LogP contribution >= 0.6 is 0 Å². The van der Waals surface area contributed by atoms with Crippen LogP contribution in [0.5, 0.6) is 0 Å². The van der Waals surface area contributed by atoms with E-state index in [1.54, 1.807) is 0 Å². The van der Waals surface area contributed by atoms with Crippen LogP contribution in [0.4, 0.5) is 0 Å². The van der Waals surface area contributed by atoms with Crippen LogP contribution in [0.2, 0.25) is 0 Å². The molecular weight excluding hydrogens is 228 g/mol. The Kier molecular flexibility index (Phi) is 11.8. The van der Waals surface area contributed by atoms with Crippen molar-refractivity contribution in [3.8, 4) is 0 Å². The SMILES string of the molecule is CCC(C)CCC(C)CCCCC(C)C(CC)CC. The Labute approximate surface area is 123 Å². The summed E-state index contributed by atoms with van der Waals surface area (Å²) in [6, 6.07) is 0. The fraction of sp³-hybridized carbons (Fsp3) is 1.00. The quantitative estimate of drug-likeness (QED) is 0.332. The first-order valence-electron chi connectivity index (χ1n) is 9.04. The van der Waals surface area contributed by atoms with Gasteiger partial charge >= 0.3 is 0 Å². The van der Waals surface area contributed by atoms with E-state index in [9.17, 15) is 0 Å². The van der Waals surface area contributed by atoms with E-state index in [0.717, 1.165) is 23.7 Å². The van der Waals surface area contributed by atoms with Gasteiger partial charge in [-0.3, -0.25) is 0 Å². The van der Waals surface area contributed by atoms with Crippen molar-refractivity contribution in [1.82, 2.24) is 0 Å². The normalized spacial score (nSPS) is 16.6. The Bertz CT molecular complexity index is 180. The zero-order valence-corrected chi connectivity index (χ0v) is 14.7. The zero-order chi connectivity index (χ0) is 14.7. The summed E-state index contributed by atoms with van der Waals surface area (Å²) in [5, 5.41) is 0. The van der Waals surface area contributed by atoms with Crippen molar-refractivity contribution in [2.45, 2.75) is 99.3 Å². The first-order valence-corrected chi connectivity index (χ1v) is 9.04. The minimum atomic E-state index is 0.928. The van der Waals surface area contributed by atoms with E-state index >= 15 is 0 Å². The fourth-order valence-electron chi connectivity index (χ4n) is 3.21. The van der Waals surface area contributed by atoms with Gasteiger partial charge in [0.2, 0.25) is 0 Å². The number of rotatable bonds is 12. The molecule has 0 bridgehead atoms. The average Bonchev–Trinajstić information content (AvgIpc) is 2.42. The van der Waals surface area contributed by atoms with Crippen LogP contribution in [-0.4, -0.2) is 0 Å². The monoisotopic (exact) mass is 268 g/mol. The molecular formula is C19H40. The van der Waals surface area contributed by atoms with Crippen LogP contribution in [0.25, 0.3) is 0 Å². The first kappa shape index (κ1) is 19.0. The molecule has 0 nitrogen and oxygen atoms in total. The summed E-state index contributed by atoms with van der Waals surface area (Å²) in [5.41, 5.74) is 0. The van der Waals surface area contributed by atoms with Crippen LogP contribution in [0.1, 0.15) is 99.3 Å². The van der Waals surface area contributed by atoms with Crippen LogP contribution in [0, 0.1) is 23.7 Å². The lowest BCUT2D eigenvalue weighted by atomic mass is 9.85. The lowest BCUT2D eigenvalue weighted by molar-refractivity contribution is 0.304. The fourth-order valence-corrected chi connectivity index (χ4v) is 3.21. The van der Waals surface area contributed by atoms with Crippen molar-refractivity contribution in [3.05, 3.63) is 0 Å². The maximum absolute atomic E-state index is 2.46. The van der Waals surface area contributed by atoms with E-state index < -0.39 is 0 Å². The highest BCUT2D eigenvalue weighted by Gasteiger charge is 2.13. The standard InChI is InChI=1S/C19H40/c1-7-16(4)14-15-17(5)12-10-11-13-18(6)19(8-2)9-3/h16-19H,7-15H2,1-6H3. The predicted octanol–water partition coefficient (Wildman–Crippen LogP) is 7.08. The number of unbranched alkanes of at least 4 members (excludes halogenated alkanes) is 1. The van der Waals surface area contributed by atoms with Crippen LogP contribution < -0.4 is 0 Å². The van der Waals surface area contributed by atoms with Crippen LogP contribution in [-0.2, 0) is 0 Å². The van der Waals surface area contributed by atoms with Gasteiger partial charge in [-0.05, 0) is 23.7 Å². The molecule has 0 radical (unpaired) electrons. The topological polar surface area (TPSA) is 0 Å². The largest absolute Gasteiger partial charge is 0.0651 e. The summed E-state index contributed by atoms with van der Waals surface area (Å²) in [6.45, 7) is 14.3. The highest BCUT2D eigenvalue weighted by molar-refractivity contribution is 4.64. The molecule has 0 amide bonds. The minimum Gasteiger partial charge on any atom is -0.0651 e. The Balaban J connectivity index is 3.57. The third-order valence-corrected chi connectivity index (χ3v) is 5.31. The number of hydrogen-bond donors (Lipinski definition) is 0. The molecule has 0 aromatic carbocycles. The van der Waals surface area contributed by atoms with Crippen molar-refractivity contribution in [3.63, 3.8) is 0 Å². The van der Waals surface area contributed by atoms with Gasteiger partial charge in [0.1, 0.15) is 0 Å². The highest BCUT2D eigenvalue weighted by Crippen LogP contribution is 2.25. The molecule has 0 heterocycles. The first-order chi connectivity index (χ1) is 9.04. The minimum absolute atomic E-state index is 0.928. The lowest BCUT2D eigenvalue weighted by Crippen LogP contribution is -2.09. The molecule has 0 saturated heterocycles. The van der Waals surface area contributed by atoms with Gasteiger partial charge in [0.15, 0.2) is 0 Å². The van der Waals surface area contributed by atoms with Crippen LogP contribution in [0.3, 0.4) is 0 Å². The van der Waals surface area contributed by atoms with Gasteiger partial charge in [0.25, 0.3) is 0 Å². The predicted molar refractivity (Wildman–Crippen MR) is 89.6 cm³/mol. The maximum atomic E-state index is 2.46. The Hall–Kier alpha value is 0. The molecule has 19 heavy (non-hydrogen) atoms. The second-order valence-electron chi connectivity index (χ2n) is 7.03. The Morgan fingerprint density at radius 1 is 0.579 bits per heavy atom. The molecule has 0 N–H and O–H groups in total. The second-order valence-corrected chi connectivity index (χ2v) is 7.03. The van der Waals surface area contributed by atoms with E-state index in [4.69, 9.17) is 0 Å². The van der Waals surface area contributed by atoms with E-state index in [1.807, 2.05) is 0 Å². The van der Waals surface area contributed by atoms with Crippen molar-refractivity contribution in [2.75, 3.05) is 0 Å². The molecule has 3 atom stereocenters. The van der Waals surface area contributed by atoms with Gasteiger partial charge in [0.05, 0.1) is 0 Å². The molecule has 0 saturated carbocycles. The van der Waals surface area contributed by atoms with E-state index in [-0.39, 0.29) is 0 Å². The van der Waals surface area contributed by atoms with Crippen LogP contribution in [0.15, 0.2) is 0 Å². The van der Waals surface area contributed by atoms with Gasteiger partial charge < -0.3 is 0 Å². The smallest absolute Gasteiger partial charge is 0.0394 e. The molecule has 0 aliphatic carbocycles. The van der Waals surface area contributed by atoms with Crippen molar-refractivity contribution >= 4 is 0 Å². The molecule has 3 unspecified atom stereocenters. The molecule has 0 rings (SSSR count). The van der Waals surface area contributed by atoms with Crippen molar-refractivity contribution in [2.24, 2.45) is 23.7 Å². The Morgan fingerprint density at radius 2 is 1.11 bits per heavy atom. The van der Waals surface area contributed by atoms with Gasteiger partial charge in [-0.2, -0.15) is 0 Å². The molecule has 0 fully saturated rings. The summed E-state index contributed by atoms with van der Waals surface area (Å²) in [5.74, 6) is 3.77. The summed E-state index contributed by atoms with van der Waals surface area (Å²) in [7, 11) is 0. The summed E-state index contributed by atoms with van der Waals surface area (Å²) in [6.07, 6.45) is 12.7. The van der Waals surface area contributed by atoms with Crippen molar-refractivity contribution < 1.29 is 0 Å². The molecule has 0 heteroatoms. The Morgan fingerprint density at radius 3 is 1.63 bits per heavy atom. The summed E-state index contributed by atoms with van der Waals surface area (Å²) in [4.78, 5) is 0. The van der Waals surface area contributed by atoms with Gasteiger partial charge in [-0.1, -0.05) is 99.3 Å². The lowest BCUT2D eigenvalue weighted by Gasteiger charge is -2.21.